The summed E-state index contributed by atoms with van der Waals surface area (Å²) in [6.07, 6.45) is -0.775. The van der Waals surface area contributed by atoms with Gasteiger partial charge in [0.05, 0.1) is 11.0 Å². The van der Waals surface area contributed by atoms with Gasteiger partial charge in [0, 0.05) is 11.4 Å². The fraction of sp³-hybridized carbons (Fsp3) is 0.231. The predicted octanol–water partition coefficient (Wildman–Crippen LogP) is 2.42. The number of rotatable bonds is 5. The summed E-state index contributed by atoms with van der Waals surface area (Å²) in [4.78, 5) is 11.0. The van der Waals surface area contributed by atoms with Gasteiger partial charge in [-0.1, -0.05) is 16.9 Å². The van der Waals surface area contributed by atoms with Crippen LogP contribution in [0.15, 0.2) is 37.5 Å². The SMILES string of the molecule is O=C1NCC(CSc2nonc2/C(=N\O)Nc2ccc(F)c(Br)c2)O1. The van der Waals surface area contributed by atoms with Crippen LogP contribution >= 0.6 is 27.7 Å². The van der Waals surface area contributed by atoms with E-state index >= 15 is 0 Å². The average Bonchev–Trinajstić information content (AvgIpc) is 3.22. The third kappa shape index (κ3) is 4.20. The Morgan fingerprint density at radius 2 is 2.40 bits per heavy atom. The van der Waals surface area contributed by atoms with E-state index < -0.39 is 11.9 Å². The number of amides is 1. The molecule has 3 rings (SSSR count). The zero-order valence-electron chi connectivity index (χ0n) is 12.4. The fourth-order valence-electron chi connectivity index (χ4n) is 1.96. The minimum Gasteiger partial charge on any atom is -0.443 e. The second kappa shape index (κ2) is 7.70. The van der Waals surface area contributed by atoms with Gasteiger partial charge in [-0.2, -0.15) is 0 Å². The molecule has 0 bridgehead atoms. The molecular formula is C13H11BrFN5O4S. The third-order valence-corrected chi connectivity index (χ3v) is 4.81. The van der Waals surface area contributed by atoms with Crippen LogP contribution < -0.4 is 10.6 Å². The summed E-state index contributed by atoms with van der Waals surface area (Å²) in [5.74, 6) is -0.0308. The number of nitrogens with one attached hydrogen (secondary N) is 2. The number of halogens is 2. The number of hydrogen-bond acceptors (Lipinski definition) is 8. The van der Waals surface area contributed by atoms with Gasteiger partial charge in [0.1, 0.15) is 11.9 Å². The van der Waals surface area contributed by atoms with E-state index in [1.807, 2.05) is 0 Å². The molecule has 0 radical (unpaired) electrons. The highest BCUT2D eigenvalue weighted by molar-refractivity contribution is 9.10. The molecule has 1 unspecified atom stereocenters. The van der Waals surface area contributed by atoms with Crippen LogP contribution in [0.1, 0.15) is 5.69 Å². The minimum absolute atomic E-state index is 0.0243. The lowest BCUT2D eigenvalue weighted by Crippen LogP contribution is -2.18. The molecule has 1 atom stereocenters. The van der Waals surface area contributed by atoms with E-state index in [2.05, 4.69) is 42.0 Å². The number of anilines is 1. The van der Waals surface area contributed by atoms with Gasteiger partial charge in [-0.05, 0) is 44.4 Å². The highest BCUT2D eigenvalue weighted by atomic mass is 79.9. The van der Waals surface area contributed by atoms with E-state index in [1.165, 1.54) is 30.0 Å². The zero-order valence-corrected chi connectivity index (χ0v) is 14.8. The number of hydrogen-bond donors (Lipinski definition) is 3. The molecule has 25 heavy (non-hydrogen) atoms. The lowest BCUT2D eigenvalue weighted by molar-refractivity contribution is 0.150. The summed E-state index contributed by atoms with van der Waals surface area (Å²) in [6.45, 7) is 0.398. The summed E-state index contributed by atoms with van der Waals surface area (Å²) in [5, 5.41) is 25.6. The van der Waals surface area contributed by atoms with E-state index in [0.717, 1.165) is 0 Å². The number of benzene rings is 1. The Morgan fingerprint density at radius 3 is 3.08 bits per heavy atom. The maximum atomic E-state index is 13.3. The molecule has 1 saturated heterocycles. The summed E-state index contributed by atoms with van der Waals surface area (Å²) >= 11 is 4.30. The van der Waals surface area contributed by atoms with Crippen LogP contribution in [0.25, 0.3) is 0 Å². The monoisotopic (exact) mass is 431 g/mol. The number of carbonyl (C=O) groups is 1. The molecule has 2 aromatic rings. The predicted molar refractivity (Wildman–Crippen MR) is 89.3 cm³/mol. The Bertz CT molecular complexity index is 817. The van der Waals surface area contributed by atoms with Crippen LogP contribution in [-0.4, -0.2) is 45.9 Å². The first-order valence-corrected chi connectivity index (χ1v) is 8.69. The van der Waals surface area contributed by atoms with Crippen LogP contribution in [0.4, 0.5) is 14.9 Å². The molecule has 132 valence electrons. The number of carbonyl (C=O) groups excluding carboxylic acids is 1. The van der Waals surface area contributed by atoms with Gasteiger partial charge in [0.2, 0.25) is 5.84 Å². The van der Waals surface area contributed by atoms with E-state index in [4.69, 9.17) is 9.37 Å². The second-order valence-electron chi connectivity index (χ2n) is 4.84. The smallest absolute Gasteiger partial charge is 0.407 e. The van der Waals surface area contributed by atoms with Gasteiger partial charge in [-0.15, -0.1) is 0 Å². The van der Waals surface area contributed by atoms with Crippen molar-refractivity contribution in [3.63, 3.8) is 0 Å². The van der Waals surface area contributed by atoms with Gasteiger partial charge < -0.3 is 20.6 Å². The first-order chi connectivity index (χ1) is 12.1. The van der Waals surface area contributed by atoms with E-state index in [0.29, 0.717) is 23.0 Å². The highest BCUT2D eigenvalue weighted by Gasteiger charge is 2.25. The summed E-state index contributed by atoms with van der Waals surface area (Å²) < 4.78 is 23.3. The number of nitrogens with zero attached hydrogens (tertiary/aromatic N) is 3. The molecule has 1 aliphatic rings. The molecule has 9 nitrogen and oxygen atoms in total. The van der Waals surface area contributed by atoms with Crippen molar-refractivity contribution in [3.8, 4) is 0 Å². The molecule has 1 aromatic heterocycles. The molecular weight excluding hydrogens is 421 g/mol. The average molecular weight is 432 g/mol. The Hall–Kier alpha value is -2.34. The van der Waals surface area contributed by atoms with Crippen LogP contribution in [0.5, 0.6) is 0 Å². The van der Waals surface area contributed by atoms with Crippen molar-refractivity contribution >= 4 is 45.3 Å². The van der Waals surface area contributed by atoms with Gasteiger partial charge in [-0.3, -0.25) is 0 Å². The van der Waals surface area contributed by atoms with Gasteiger partial charge in [0.15, 0.2) is 10.7 Å². The van der Waals surface area contributed by atoms with Crippen LogP contribution in [-0.2, 0) is 4.74 Å². The number of cyclic esters (lactones) is 1. The van der Waals surface area contributed by atoms with Crippen LogP contribution in [0.3, 0.4) is 0 Å². The third-order valence-electron chi connectivity index (χ3n) is 3.12. The molecule has 0 spiro atoms. The first kappa shape index (κ1) is 17.5. The van der Waals surface area contributed by atoms with Crippen molar-refractivity contribution in [2.24, 2.45) is 5.16 Å². The standard InChI is InChI=1S/C13H11BrFN5O4S/c14-8-3-6(1-2-9(8)15)17-11(18-22)10-12(20-24-19-10)25-5-7-4-16-13(21)23-7/h1-3,7,22H,4-5H2,(H,16,21)(H,17,18). The van der Waals surface area contributed by atoms with Crippen molar-refractivity contribution in [2.75, 3.05) is 17.6 Å². The van der Waals surface area contributed by atoms with Gasteiger partial charge in [0.25, 0.3) is 0 Å². The summed E-state index contributed by atoms with van der Waals surface area (Å²) in [6, 6.07) is 4.19. The molecule has 0 saturated carbocycles. The number of oxime groups is 1. The molecule has 1 aromatic carbocycles. The number of amidine groups is 1. The Balaban J connectivity index is 1.70. The Labute approximate surface area is 153 Å². The Morgan fingerprint density at radius 1 is 1.56 bits per heavy atom. The topological polar surface area (TPSA) is 122 Å². The number of alkyl carbamates (subject to hydrolysis) is 1. The van der Waals surface area contributed by atoms with E-state index in [9.17, 15) is 14.4 Å². The molecule has 3 N–H and O–H groups in total. The molecule has 0 aliphatic carbocycles. The fourth-order valence-corrected chi connectivity index (χ4v) is 3.22. The minimum atomic E-state index is -0.467. The van der Waals surface area contributed by atoms with Gasteiger partial charge in [-0.25, -0.2) is 13.8 Å². The summed E-state index contributed by atoms with van der Waals surface area (Å²) in [5.41, 5.74) is 0.638. The normalized spacial score (nSPS) is 17.3. The van der Waals surface area contributed by atoms with Crippen LogP contribution in [0.2, 0.25) is 0 Å². The summed E-state index contributed by atoms with van der Waals surface area (Å²) in [7, 11) is 0. The highest BCUT2D eigenvalue weighted by Crippen LogP contribution is 2.24. The largest absolute Gasteiger partial charge is 0.443 e. The van der Waals surface area contributed by atoms with Crippen molar-refractivity contribution in [1.29, 1.82) is 0 Å². The molecule has 1 fully saturated rings. The molecule has 12 heteroatoms. The number of ether oxygens (including phenoxy) is 1. The lowest BCUT2D eigenvalue weighted by atomic mass is 10.3. The lowest BCUT2D eigenvalue weighted by Gasteiger charge is -2.08. The van der Waals surface area contributed by atoms with Crippen molar-refractivity contribution in [3.05, 3.63) is 34.2 Å². The zero-order chi connectivity index (χ0) is 17.8. The van der Waals surface area contributed by atoms with Crippen molar-refractivity contribution in [2.45, 2.75) is 11.1 Å². The number of thioether (sulfide) groups is 1. The molecule has 1 amide bonds. The molecule has 1 aliphatic heterocycles. The van der Waals surface area contributed by atoms with Crippen LogP contribution in [0, 0.1) is 5.82 Å². The maximum absolute atomic E-state index is 13.3. The second-order valence-corrected chi connectivity index (χ2v) is 6.70. The van der Waals surface area contributed by atoms with Gasteiger partial charge >= 0.3 is 6.09 Å². The van der Waals surface area contributed by atoms with Crippen molar-refractivity contribution in [1.82, 2.24) is 15.6 Å². The molecule has 2 heterocycles. The van der Waals surface area contributed by atoms with E-state index in [1.54, 1.807) is 0 Å². The number of aromatic nitrogens is 2. The quantitative estimate of drug-likeness (QED) is 0.217. The first-order valence-electron chi connectivity index (χ1n) is 6.91. The van der Waals surface area contributed by atoms with Crippen molar-refractivity contribution < 1.29 is 23.8 Å². The Kier molecular flexibility index (Phi) is 5.38. The van der Waals surface area contributed by atoms with E-state index in [-0.39, 0.29) is 22.1 Å². The maximum Gasteiger partial charge on any atom is 0.407 e.